The Morgan fingerprint density at radius 3 is 2.09 bits per heavy atom. The first kappa shape index (κ1) is 9.09. The third-order valence-corrected chi connectivity index (χ3v) is 2.28. The second-order valence-corrected chi connectivity index (χ2v) is 3.37. The molecule has 0 aliphatic carbocycles. The van der Waals surface area contributed by atoms with Crippen LogP contribution in [0.1, 0.15) is 12.8 Å². The summed E-state index contributed by atoms with van der Waals surface area (Å²) in [6.07, 6.45) is 0.597. The lowest BCUT2D eigenvalue weighted by molar-refractivity contribution is -0.168. The average Bonchev–Trinajstić information content (AvgIpc) is 1.77. The maximum Gasteiger partial charge on any atom is 0.218 e. The molecule has 62 valence electrons. The molecule has 1 aliphatic rings. The molecule has 1 saturated heterocycles. The summed E-state index contributed by atoms with van der Waals surface area (Å²) in [5, 5.41) is -0.724. The summed E-state index contributed by atoms with van der Waals surface area (Å²) in [5.41, 5.74) is -0.956. The van der Waals surface area contributed by atoms with Gasteiger partial charge in [-0.2, -0.15) is 0 Å². The van der Waals surface area contributed by atoms with Gasteiger partial charge < -0.3 is 4.74 Å². The Kier molecular flexibility index (Phi) is 2.61. The third kappa shape index (κ3) is 1.77. The van der Waals surface area contributed by atoms with Crippen LogP contribution in [0.15, 0.2) is 0 Å². The fraction of sp³-hybridized carbons (Fsp3) is 0.667. The number of rotatable bonds is 3. The minimum absolute atomic E-state index is 0.0262. The van der Waals surface area contributed by atoms with Crippen LogP contribution in [0.5, 0.6) is 0 Å². The van der Waals surface area contributed by atoms with Crippen LogP contribution in [0, 0.1) is 0 Å². The molecule has 1 atom stereocenters. The molecule has 1 unspecified atom stereocenters. The minimum Gasteiger partial charge on any atom is -0.366 e. The molecular formula is C6H8O3S2. The highest BCUT2D eigenvalue weighted by Crippen LogP contribution is 2.32. The number of hydrogen-bond donors (Lipinski definition) is 2. The highest BCUT2D eigenvalue weighted by molar-refractivity contribution is 7.97. The molecule has 3 nitrogen and oxygen atoms in total. The predicted octanol–water partition coefficient (Wildman–Crippen LogP) is 0.448. The average molecular weight is 192 g/mol. The fourth-order valence-corrected chi connectivity index (χ4v) is 1.49. The van der Waals surface area contributed by atoms with Crippen molar-refractivity contribution in [3.63, 3.8) is 0 Å². The Morgan fingerprint density at radius 2 is 2.00 bits per heavy atom. The molecule has 1 heterocycles. The molecule has 0 bridgehead atoms. The van der Waals surface area contributed by atoms with E-state index in [1.807, 2.05) is 0 Å². The molecule has 0 aromatic heterocycles. The zero-order valence-corrected chi connectivity index (χ0v) is 7.53. The second kappa shape index (κ2) is 3.16. The van der Waals surface area contributed by atoms with Gasteiger partial charge >= 0.3 is 0 Å². The fourth-order valence-electron chi connectivity index (χ4n) is 0.976. The Labute approximate surface area is 75.3 Å². The molecule has 11 heavy (non-hydrogen) atoms. The molecular weight excluding hydrogens is 184 g/mol. The van der Waals surface area contributed by atoms with Gasteiger partial charge in [-0.05, 0) is 0 Å². The highest BCUT2D eigenvalue weighted by atomic mass is 32.1. The van der Waals surface area contributed by atoms with Gasteiger partial charge in [0, 0.05) is 6.42 Å². The predicted molar refractivity (Wildman–Crippen MR) is 45.9 cm³/mol. The molecule has 0 aromatic carbocycles. The van der Waals surface area contributed by atoms with E-state index >= 15 is 0 Å². The summed E-state index contributed by atoms with van der Waals surface area (Å²) in [5.74, 6) is 0. The molecule has 1 fully saturated rings. The van der Waals surface area contributed by atoms with E-state index in [1.165, 1.54) is 0 Å². The molecule has 0 N–H and O–H groups in total. The zero-order chi connectivity index (χ0) is 8.48. The summed E-state index contributed by atoms with van der Waals surface area (Å²) in [6.45, 7) is 0.521. The Hall–Kier alpha value is -0.0000000000000000763. The summed E-state index contributed by atoms with van der Waals surface area (Å²) in [7, 11) is 0. The van der Waals surface area contributed by atoms with Gasteiger partial charge in [0.2, 0.25) is 5.12 Å². The lowest BCUT2D eigenvalue weighted by atomic mass is 9.93. The van der Waals surface area contributed by atoms with E-state index in [4.69, 9.17) is 4.74 Å². The van der Waals surface area contributed by atoms with E-state index in [2.05, 4.69) is 25.3 Å². The van der Waals surface area contributed by atoms with E-state index in [0.717, 1.165) is 0 Å². The molecule has 1 rings (SSSR count). The summed E-state index contributed by atoms with van der Waals surface area (Å²) < 4.78 is 4.99. The molecule has 0 aromatic rings. The van der Waals surface area contributed by atoms with Crippen molar-refractivity contribution in [3.05, 3.63) is 0 Å². The smallest absolute Gasteiger partial charge is 0.218 e. The minimum atomic E-state index is -0.956. The maximum absolute atomic E-state index is 10.8. The van der Waals surface area contributed by atoms with Crippen molar-refractivity contribution < 1.29 is 14.3 Å². The van der Waals surface area contributed by atoms with Crippen LogP contribution in [-0.2, 0) is 14.3 Å². The lowest BCUT2D eigenvalue weighted by Gasteiger charge is -2.37. The first-order valence-corrected chi connectivity index (χ1v) is 4.05. The maximum atomic E-state index is 10.8. The topological polar surface area (TPSA) is 43.4 Å². The van der Waals surface area contributed by atoms with Crippen molar-refractivity contribution in [2.75, 3.05) is 6.61 Å². The molecule has 0 amide bonds. The van der Waals surface area contributed by atoms with E-state index in [9.17, 15) is 9.59 Å². The van der Waals surface area contributed by atoms with Crippen LogP contribution >= 0.6 is 25.3 Å². The quantitative estimate of drug-likeness (QED) is 0.638. The first-order chi connectivity index (χ1) is 5.07. The number of thiol groups is 2. The lowest BCUT2D eigenvalue weighted by Crippen LogP contribution is -2.49. The molecule has 1 aliphatic heterocycles. The Morgan fingerprint density at radius 1 is 1.45 bits per heavy atom. The monoisotopic (exact) mass is 192 g/mol. The number of hydrogen-bond acceptors (Lipinski definition) is 3. The van der Waals surface area contributed by atoms with Gasteiger partial charge in [0.15, 0.2) is 5.12 Å². The Balaban J connectivity index is 2.61. The van der Waals surface area contributed by atoms with Gasteiger partial charge in [-0.25, -0.2) is 0 Å². The third-order valence-electron chi connectivity index (χ3n) is 1.71. The molecule has 5 heteroatoms. The Bertz CT molecular complexity index is 198. The highest BCUT2D eigenvalue weighted by Gasteiger charge is 2.45. The van der Waals surface area contributed by atoms with E-state index in [1.54, 1.807) is 0 Å². The van der Waals surface area contributed by atoms with Crippen LogP contribution in [-0.4, -0.2) is 22.4 Å². The second-order valence-electron chi connectivity index (χ2n) is 2.47. The van der Waals surface area contributed by atoms with Crippen molar-refractivity contribution in [2.24, 2.45) is 0 Å². The number of carbonyl (C=O) groups is 2. The van der Waals surface area contributed by atoms with Crippen molar-refractivity contribution in [3.8, 4) is 0 Å². The normalized spacial score (nSPS) is 29.3. The van der Waals surface area contributed by atoms with Crippen molar-refractivity contribution in [1.29, 1.82) is 0 Å². The molecule has 0 spiro atoms. The standard InChI is InChI=1S/C6H8O3S2/c7-4(10)3-6(5(8)11)1-2-9-6/h1-3H2,(H,7,10)(H,8,11). The van der Waals surface area contributed by atoms with Gasteiger partial charge in [-0.15, -0.1) is 25.3 Å². The summed E-state index contributed by atoms with van der Waals surface area (Å²) in [4.78, 5) is 21.4. The van der Waals surface area contributed by atoms with Crippen LogP contribution in [0.2, 0.25) is 0 Å². The van der Waals surface area contributed by atoms with Crippen LogP contribution in [0.4, 0.5) is 0 Å². The first-order valence-electron chi connectivity index (χ1n) is 3.16. The van der Waals surface area contributed by atoms with E-state index in [-0.39, 0.29) is 16.7 Å². The van der Waals surface area contributed by atoms with Crippen LogP contribution in [0.25, 0.3) is 0 Å². The van der Waals surface area contributed by atoms with Crippen molar-refractivity contribution in [1.82, 2.24) is 0 Å². The van der Waals surface area contributed by atoms with E-state index in [0.29, 0.717) is 13.0 Å². The van der Waals surface area contributed by atoms with Gasteiger partial charge in [0.1, 0.15) is 5.60 Å². The van der Waals surface area contributed by atoms with Gasteiger partial charge in [0.05, 0.1) is 13.0 Å². The van der Waals surface area contributed by atoms with Crippen molar-refractivity contribution in [2.45, 2.75) is 18.4 Å². The van der Waals surface area contributed by atoms with Gasteiger partial charge in [-0.3, -0.25) is 9.59 Å². The largest absolute Gasteiger partial charge is 0.366 e. The summed E-state index contributed by atoms with van der Waals surface area (Å²) >= 11 is 7.20. The van der Waals surface area contributed by atoms with Crippen LogP contribution in [0.3, 0.4) is 0 Å². The number of carbonyl (C=O) groups excluding carboxylic acids is 2. The summed E-state index contributed by atoms with van der Waals surface area (Å²) in [6, 6.07) is 0. The molecule has 0 saturated carbocycles. The molecule has 0 radical (unpaired) electrons. The van der Waals surface area contributed by atoms with Gasteiger partial charge in [-0.1, -0.05) is 0 Å². The van der Waals surface area contributed by atoms with Crippen molar-refractivity contribution >= 4 is 35.5 Å². The number of ether oxygens (including phenoxy) is 1. The van der Waals surface area contributed by atoms with E-state index < -0.39 is 5.60 Å². The van der Waals surface area contributed by atoms with Gasteiger partial charge in [0.25, 0.3) is 0 Å². The zero-order valence-electron chi connectivity index (χ0n) is 5.74. The van der Waals surface area contributed by atoms with Crippen LogP contribution < -0.4 is 0 Å². The SMILES string of the molecule is O=C(S)CC1(C(=O)S)CCO1.